The van der Waals surface area contributed by atoms with E-state index in [1.54, 1.807) is 18.5 Å². The molecule has 2 aliphatic rings. The highest BCUT2D eigenvalue weighted by atomic mass is 16.2. The van der Waals surface area contributed by atoms with E-state index in [2.05, 4.69) is 43.4 Å². The fraction of sp³-hybridized carbons (Fsp3) is 0.333. The Morgan fingerprint density at radius 2 is 1.87 bits per heavy atom. The van der Waals surface area contributed by atoms with E-state index in [-0.39, 0.29) is 11.9 Å². The standard InChI is InChI=1S/C24H26N6O/c31-23(30-15-3-7-18-6-1-2-8-21(18)30)17-29-14-4-9-22(29)20-11-10-19(16-27-20)28-24-25-12-5-13-26-24/h1-2,5-6,8,10-13,16,22H,3-4,7,9,14-15,17H2,(H,25,26,28)/t22-/m0/s1. The van der Waals surface area contributed by atoms with E-state index in [9.17, 15) is 4.79 Å². The van der Waals surface area contributed by atoms with Gasteiger partial charge in [-0.1, -0.05) is 18.2 Å². The Hall–Kier alpha value is -3.32. The number of hydrogen-bond donors (Lipinski definition) is 1. The van der Waals surface area contributed by atoms with Crippen molar-refractivity contribution in [2.24, 2.45) is 0 Å². The number of anilines is 3. The van der Waals surface area contributed by atoms with Crippen LogP contribution in [0.4, 0.5) is 17.3 Å². The molecule has 0 aliphatic carbocycles. The molecule has 2 aromatic heterocycles. The van der Waals surface area contributed by atoms with Crippen LogP contribution in [0.3, 0.4) is 0 Å². The van der Waals surface area contributed by atoms with Crippen LogP contribution in [-0.2, 0) is 11.2 Å². The maximum absolute atomic E-state index is 13.2. The summed E-state index contributed by atoms with van der Waals surface area (Å²) in [4.78, 5) is 30.5. The number of pyridine rings is 1. The average Bonchev–Trinajstić information content (AvgIpc) is 3.28. The Kier molecular flexibility index (Phi) is 5.58. The molecule has 0 unspecified atom stereocenters. The highest BCUT2D eigenvalue weighted by Crippen LogP contribution is 2.32. The third kappa shape index (κ3) is 4.27. The summed E-state index contributed by atoms with van der Waals surface area (Å²) in [6, 6.07) is 14.3. The molecule has 0 spiro atoms. The van der Waals surface area contributed by atoms with Gasteiger partial charge in [0.2, 0.25) is 11.9 Å². The van der Waals surface area contributed by atoms with Crippen LogP contribution in [0.5, 0.6) is 0 Å². The Balaban J connectivity index is 1.26. The molecular formula is C24H26N6O. The molecule has 1 atom stereocenters. The Labute approximate surface area is 182 Å². The van der Waals surface area contributed by atoms with Crippen molar-refractivity contribution in [3.8, 4) is 0 Å². The summed E-state index contributed by atoms with van der Waals surface area (Å²) in [5.74, 6) is 0.727. The van der Waals surface area contributed by atoms with Crippen molar-refractivity contribution in [2.45, 2.75) is 31.7 Å². The fourth-order valence-corrected chi connectivity index (χ4v) is 4.57. The summed E-state index contributed by atoms with van der Waals surface area (Å²) >= 11 is 0. The van der Waals surface area contributed by atoms with E-state index >= 15 is 0 Å². The number of aromatic nitrogens is 3. The summed E-state index contributed by atoms with van der Waals surface area (Å²) in [5.41, 5.74) is 4.20. The van der Waals surface area contributed by atoms with Crippen LogP contribution in [0, 0.1) is 0 Å². The minimum Gasteiger partial charge on any atom is -0.323 e. The van der Waals surface area contributed by atoms with Gasteiger partial charge in [-0.15, -0.1) is 0 Å². The van der Waals surface area contributed by atoms with Gasteiger partial charge >= 0.3 is 0 Å². The molecule has 2 aliphatic heterocycles. The number of hydrogen-bond acceptors (Lipinski definition) is 6. The topological polar surface area (TPSA) is 74.2 Å². The highest BCUT2D eigenvalue weighted by molar-refractivity contribution is 5.96. The molecule has 4 heterocycles. The van der Waals surface area contributed by atoms with Crippen molar-refractivity contribution in [3.63, 3.8) is 0 Å². The van der Waals surface area contributed by atoms with Crippen molar-refractivity contribution >= 4 is 23.2 Å². The predicted molar refractivity (Wildman–Crippen MR) is 120 cm³/mol. The number of fused-ring (bicyclic) bond motifs is 1. The maximum atomic E-state index is 13.2. The lowest BCUT2D eigenvalue weighted by Crippen LogP contribution is -2.42. The van der Waals surface area contributed by atoms with Gasteiger partial charge in [-0.3, -0.25) is 14.7 Å². The lowest BCUT2D eigenvalue weighted by atomic mass is 10.0. The molecule has 1 amide bonds. The molecule has 0 radical (unpaired) electrons. The summed E-state index contributed by atoms with van der Waals surface area (Å²) in [6.45, 7) is 2.15. The Morgan fingerprint density at radius 3 is 2.71 bits per heavy atom. The zero-order chi connectivity index (χ0) is 21.0. The zero-order valence-electron chi connectivity index (χ0n) is 17.4. The molecule has 5 rings (SSSR count). The van der Waals surface area contributed by atoms with Crippen molar-refractivity contribution in [1.29, 1.82) is 0 Å². The van der Waals surface area contributed by atoms with Crippen molar-refractivity contribution in [1.82, 2.24) is 19.9 Å². The first-order valence-corrected chi connectivity index (χ1v) is 10.9. The summed E-state index contributed by atoms with van der Waals surface area (Å²) < 4.78 is 0. The second-order valence-corrected chi connectivity index (χ2v) is 8.08. The molecule has 3 aromatic rings. The van der Waals surface area contributed by atoms with Crippen LogP contribution >= 0.6 is 0 Å². The number of rotatable bonds is 5. The van der Waals surface area contributed by atoms with Gasteiger partial charge in [-0.25, -0.2) is 9.97 Å². The lowest BCUT2D eigenvalue weighted by Gasteiger charge is -2.32. The Bertz CT molecular complexity index is 1040. The van der Waals surface area contributed by atoms with Crippen molar-refractivity contribution < 1.29 is 4.79 Å². The molecule has 7 heteroatoms. The minimum atomic E-state index is 0.172. The first-order chi connectivity index (χ1) is 15.3. The second kappa shape index (κ2) is 8.81. The third-order valence-corrected chi connectivity index (χ3v) is 6.06. The highest BCUT2D eigenvalue weighted by Gasteiger charge is 2.31. The molecule has 0 saturated carbocycles. The maximum Gasteiger partial charge on any atom is 0.241 e. The molecule has 1 aromatic carbocycles. The molecule has 1 fully saturated rings. The van der Waals surface area contributed by atoms with Gasteiger partial charge in [-0.2, -0.15) is 0 Å². The number of benzene rings is 1. The number of likely N-dealkylation sites (tertiary alicyclic amines) is 1. The van der Waals surface area contributed by atoms with Gasteiger partial charge in [0, 0.05) is 24.6 Å². The van der Waals surface area contributed by atoms with Crippen LogP contribution < -0.4 is 10.2 Å². The Morgan fingerprint density at radius 1 is 1.00 bits per heavy atom. The molecule has 1 saturated heterocycles. The number of nitrogens with zero attached hydrogens (tertiary/aromatic N) is 5. The van der Waals surface area contributed by atoms with Gasteiger partial charge in [0.1, 0.15) is 0 Å². The van der Waals surface area contributed by atoms with E-state index in [1.807, 2.05) is 29.3 Å². The monoisotopic (exact) mass is 414 g/mol. The van der Waals surface area contributed by atoms with Gasteiger partial charge in [0.05, 0.1) is 30.2 Å². The first kappa shape index (κ1) is 19.6. The molecule has 1 N–H and O–H groups in total. The van der Waals surface area contributed by atoms with Crippen molar-refractivity contribution in [3.05, 3.63) is 72.3 Å². The lowest BCUT2D eigenvalue weighted by molar-refractivity contribution is -0.120. The van der Waals surface area contributed by atoms with E-state index in [0.29, 0.717) is 12.5 Å². The van der Waals surface area contributed by atoms with Gasteiger partial charge < -0.3 is 10.2 Å². The van der Waals surface area contributed by atoms with Gasteiger partial charge in [0.25, 0.3) is 0 Å². The van der Waals surface area contributed by atoms with Gasteiger partial charge in [-0.05, 0) is 62.1 Å². The largest absolute Gasteiger partial charge is 0.323 e. The van der Waals surface area contributed by atoms with E-state index in [1.165, 1.54) is 5.56 Å². The minimum absolute atomic E-state index is 0.172. The van der Waals surface area contributed by atoms with Gasteiger partial charge in [0.15, 0.2) is 0 Å². The van der Waals surface area contributed by atoms with E-state index < -0.39 is 0 Å². The van der Waals surface area contributed by atoms with Crippen LogP contribution in [0.15, 0.2) is 61.1 Å². The molecule has 158 valence electrons. The second-order valence-electron chi connectivity index (χ2n) is 8.08. The molecule has 0 bridgehead atoms. The quantitative estimate of drug-likeness (QED) is 0.686. The molecular weight excluding hydrogens is 388 g/mol. The fourth-order valence-electron chi connectivity index (χ4n) is 4.57. The number of para-hydroxylation sites is 1. The summed E-state index contributed by atoms with van der Waals surface area (Å²) in [7, 11) is 0. The van der Waals surface area contributed by atoms with E-state index in [4.69, 9.17) is 0 Å². The number of nitrogens with one attached hydrogen (secondary N) is 1. The SMILES string of the molecule is O=C(CN1CCC[C@H]1c1ccc(Nc2ncccn2)cn1)N1CCCc2ccccc21. The summed E-state index contributed by atoms with van der Waals surface area (Å²) in [6.07, 6.45) is 9.37. The van der Waals surface area contributed by atoms with E-state index in [0.717, 1.165) is 55.8 Å². The van der Waals surface area contributed by atoms with Crippen LogP contribution in [-0.4, -0.2) is 45.4 Å². The first-order valence-electron chi connectivity index (χ1n) is 10.9. The third-order valence-electron chi connectivity index (χ3n) is 6.06. The number of carbonyl (C=O) groups is 1. The average molecular weight is 415 g/mol. The zero-order valence-corrected chi connectivity index (χ0v) is 17.4. The van der Waals surface area contributed by atoms with Crippen LogP contribution in [0.1, 0.15) is 36.6 Å². The van der Waals surface area contributed by atoms with Crippen LogP contribution in [0.25, 0.3) is 0 Å². The predicted octanol–water partition coefficient (Wildman–Crippen LogP) is 3.73. The normalized spacial score (nSPS) is 18.6. The van der Waals surface area contributed by atoms with Crippen LogP contribution in [0.2, 0.25) is 0 Å². The summed E-state index contributed by atoms with van der Waals surface area (Å²) in [5, 5.41) is 3.16. The molecule has 31 heavy (non-hydrogen) atoms. The molecule has 7 nitrogen and oxygen atoms in total. The number of aryl methyl sites for hydroxylation is 1. The van der Waals surface area contributed by atoms with Crippen molar-refractivity contribution in [2.75, 3.05) is 29.9 Å². The number of amides is 1. The smallest absolute Gasteiger partial charge is 0.241 e. The number of carbonyl (C=O) groups excluding carboxylic acids is 1.